The molecule has 0 saturated carbocycles. The molecule has 0 radical (unpaired) electrons. The maximum atomic E-state index is 12.6. The first-order valence-corrected chi connectivity index (χ1v) is 14.2. The monoisotopic (exact) mass is 546 g/mol. The number of nitrogens with zero attached hydrogens (tertiary/aromatic N) is 1. The van der Waals surface area contributed by atoms with E-state index in [0.29, 0.717) is 39.0 Å². The second-order valence-electron chi connectivity index (χ2n) is 10.8. The van der Waals surface area contributed by atoms with E-state index in [0.717, 1.165) is 38.5 Å². The molecule has 2 heterocycles. The number of amides is 2. The molecule has 11 nitrogen and oxygen atoms in total. The van der Waals surface area contributed by atoms with Gasteiger partial charge in [-0.1, -0.05) is 19.8 Å². The SMILES string of the molecule is CC(C)O[C@@H]1C[C@@H](CO)N(C(=O)CCCCCNC(=O)CCCCCOC2OC(CO)C(O)C(O)C2C)C1. The second kappa shape index (κ2) is 17.4. The van der Waals surface area contributed by atoms with E-state index >= 15 is 0 Å². The minimum atomic E-state index is -1.14. The van der Waals surface area contributed by atoms with Gasteiger partial charge in [0.2, 0.25) is 11.8 Å². The number of nitrogens with one attached hydrogen (secondary N) is 1. The van der Waals surface area contributed by atoms with Crippen molar-refractivity contribution in [3.63, 3.8) is 0 Å². The molecule has 7 atom stereocenters. The Bertz CT molecular complexity index is 693. The Hall–Kier alpha value is -1.34. The van der Waals surface area contributed by atoms with Gasteiger partial charge in [-0.3, -0.25) is 9.59 Å². The van der Waals surface area contributed by atoms with Crippen LogP contribution in [-0.2, 0) is 23.8 Å². The first-order valence-electron chi connectivity index (χ1n) is 14.2. The van der Waals surface area contributed by atoms with Gasteiger partial charge in [0.25, 0.3) is 0 Å². The van der Waals surface area contributed by atoms with E-state index in [4.69, 9.17) is 14.2 Å². The van der Waals surface area contributed by atoms with E-state index in [-0.39, 0.29) is 36.7 Å². The first kappa shape index (κ1) is 32.9. The lowest BCUT2D eigenvalue weighted by molar-refractivity contribution is -0.282. The molecule has 0 aromatic heterocycles. The normalized spacial score (nSPS) is 29.7. The molecular weight excluding hydrogens is 496 g/mol. The van der Waals surface area contributed by atoms with Crippen LogP contribution in [-0.4, -0.2) is 113 Å². The zero-order valence-electron chi connectivity index (χ0n) is 23.3. The van der Waals surface area contributed by atoms with Crippen LogP contribution in [0.5, 0.6) is 0 Å². The van der Waals surface area contributed by atoms with Gasteiger partial charge in [0.1, 0.15) is 12.2 Å². The van der Waals surface area contributed by atoms with Crippen LogP contribution < -0.4 is 5.32 Å². The fraction of sp³-hybridized carbons (Fsp3) is 0.926. The van der Waals surface area contributed by atoms with Gasteiger partial charge in [0, 0.05) is 38.5 Å². The molecule has 0 aromatic carbocycles. The third kappa shape index (κ3) is 10.7. The fourth-order valence-electron chi connectivity index (χ4n) is 5.05. The molecule has 222 valence electrons. The summed E-state index contributed by atoms with van der Waals surface area (Å²) in [7, 11) is 0. The molecule has 2 amide bonds. The van der Waals surface area contributed by atoms with E-state index in [9.17, 15) is 30.0 Å². The summed E-state index contributed by atoms with van der Waals surface area (Å²) in [5, 5.41) is 41.7. The molecule has 2 fully saturated rings. The molecule has 0 bridgehead atoms. The third-order valence-corrected chi connectivity index (χ3v) is 7.28. The van der Waals surface area contributed by atoms with Crippen LogP contribution in [0.4, 0.5) is 0 Å². The third-order valence-electron chi connectivity index (χ3n) is 7.28. The Kier molecular flexibility index (Phi) is 15.0. The number of likely N-dealkylation sites (tertiary alicyclic amines) is 1. The van der Waals surface area contributed by atoms with E-state index < -0.39 is 37.1 Å². The van der Waals surface area contributed by atoms with Crippen LogP contribution in [0.2, 0.25) is 0 Å². The molecule has 11 heteroatoms. The van der Waals surface area contributed by atoms with Crippen LogP contribution in [0.3, 0.4) is 0 Å². The topological polar surface area (TPSA) is 158 Å². The number of aliphatic hydroxyl groups excluding tert-OH is 4. The molecule has 5 N–H and O–H groups in total. The van der Waals surface area contributed by atoms with Crippen LogP contribution in [0.1, 0.15) is 78.6 Å². The van der Waals surface area contributed by atoms with Gasteiger partial charge >= 0.3 is 0 Å². The van der Waals surface area contributed by atoms with Gasteiger partial charge in [-0.15, -0.1) is 0 Å². The van der Waals surface area contributed by atoms with E-state index in [1.165, 1.54) is 0 Å². The molecule has 38 heavy (non-hydrogen) atoms. The summed E-state index contributed by atoms with van der Waals surface area (Å²) >= 11 is 0. The van der Waals surface area contributed by atoms with Gasteiger partial charge in [-0.25, -0.2) is 0 Å². The maximum absolute atomic E-state index is 12.6. The Balaban J connectivity index is 1.47. The summed E-state index contributed by atoms with van der Waals surface area (Å²) in [5.41, 5.74) is 0. The van der Waals surface area contributed by atoms with Crippen molar-refractivity contribution in [3.05, 3.63) is 0 Å². The average Bonchev–Trinajstić information content (AvgIpc) is 3.30. The number of hydrogen-bond acceptors (Lipinski definition) is 9. The summed E-state index contributed by atoms with van der Waals surface area (Å²) < 4.78 is 17.0. The van der Waals surface area contributed by atoms with Gasteiger partial charge in [-0.2, -0.15) is 0 Å². The highest BCUT2D eigenvalue weighted by Gasteiger charge is 2.42. The van der Waals surface area contributed by atoms with Gasteiger partial charge < -0.3 is 44.9 Å². The second-order valence-corrected chi connectivity index (χ2v) is 10.8. The number of ether oxygens (including phenoxy) is 3. The van der Waals surface area contributed by atoms with E-state index in [1.54, 1.807) is 11.8 Å². The summed E-state index contributed by atoms with van der Waals surface area (Å²) in [6.45, 7) is 6.75. The molecule has 2 aliphatic rings. The summed E-state index contributed by atoms with van der Waals surface area (Å²) in [4.78, 5) is 26.4. The number of aliphatic hydroxyl groups is 4. The van der Waals surface area contributed by atoms with Crippen molar-refractivity contribution in [1.29, 1.82) is 0 Å². The standard InChI is InChI=1S/C27H50N2O9/c1-18(2)37-21-14-20(16-30)29(15-21)24(33)11-7-4-8-12-28-23(32)10-6-5-9-13-36-27-19(3)25(34)26(35)22(17-31)38-27/h18-22,25-27,30-31,34-35H,4-17H2,1-3H3,(H,28,32)/t19?,20-,21+,22?,25?,26?,27?/m0/s1. The zero-order valence-corrected chi connectivity index (χ0v) is 23.3. The fourth-order valence-corrected chi connectivity index (χ4v) is 5.05. The molecule has 2 saturated heterocycles. The molecule has 2 rings (SSSR count). The van der Waals surface area contributed by atoms with Crippen LogP contribution in [0, 0.1) is 5.92 Å². The number of rotatable bonds is 17. The largest absolute Gasteiger partial charge is 0.394 e. The minimum absolute atomic E-state index is 0.00757. The molecule has 2 aliphatic heterocycles. The van der Waals surface area contributed by atoms with Crippen molar-refractivity contribution in [1.82, 2.24) is 10.2 Å². The van der Waals surface area contributed by atoms with Crippen molar-refractivity contribution in [3.8, 4) is 0 Å². The van der Waals surface area contributed by atoms with Crippen LogP contribution in [0.25, 0.3) is 0 Å². The van der Waals surface area contributed by atoms with Gasteiger partial charge in [0.05, 0.1) is 37.6 Å². The molecular formula is C27H50N2O9. The number of carbonyl (C=O) groups is 2. The smallest absolute Gasteiger partial charge is 0.222 e. The van der Waals surface area contributed by atoms with E-state index in [2.05, 4.69) is 5.32 Å². The Morgan fingerprint density at radius 3 is 2.39 bits per heavy atom. The molecule has 5 unspecified atom stereocenters. The number of carbonyl (C=O) groups excluding carboxylic acids is 2. The maximum Gasteiger partial charge on any atom is 0.222 e. The lowest BCUT2D eigenvalue weighted by Gasteiger charge is -2.40. The Morgan fingerprint density at radius 1 is 1.00 bits per heavy atom. The number of hydrogen-bond donors (Lipinski definition) is 5. The summed E-state index contributed by atoms with van der Waals surface area (Å²) in [6, 6.07) is -0.165. The molecule has 0 spiro atoms. The lowest BCUT2D eigenvalue weighted by Crippen LogP contribution is -2.55. The zero-order chi connectivity index (χ0) is 28.1. The quantitative estimate of drug-likeness (QED) is 0.166. The molecule has 0 aliphatic carbocycles. The minimum Gasteiger partial charge on any atom is -0.394 e. The van der Waals surface area contributed by atoms with Crippen molar-refractivity contribution in [2.45, 2.75) is 121 Å². The predicted molar refractivity (Wildman–Crippen MR) is 140 cm³/mol. The van der Waals surface area contributed by atoms with Crippen molar-refractivity contribution in [2.75, 3.05) is 32.9 Å². The van der Waals surface area contributed by atoms with Crippen LogP contribution >= 0.6 is 0 Å². The summed E-state index contributed by atoms with van der Waals surface area (Å²) in [5.74, 6) is -0.349. The highest BCUT2D eigenvalue weighted by Crippen LogP contribution is 2.27. The average molecular weight is 547 g/mol. The van der Waals surface area contributed by atoms with Crippen molar-refractivity contribution < 1.29 is 44.2 Å². The van der Waals surface area contributed by atoms with Crippen molar-refractivity contribution in [2.24, 2.45) is 5.92 Å². The highest BCUT2D eigenvalue weighted by atomic mass is 16.7. The van der Waals surface area contributed by atoms with Gasteiger partial charge in [0.15, 0.2) is 6.29 Å². The Labute approximate surface area is 226 Å². The highest BCUT2D eigenvalue weighted by molar-refractivity contribution is 5.77. The molecule has 0 aromatic rings. The lowest BCUT2D eigenvalue weighted by atomic mass is 9.92. The number of unbranched alkanes of at least 4 members (excludes halogenated alkanes) is 4. The first-order chi connectivity index (χ1) is 18.2. The van der Waals surface area contributed by atoms with Crippen molar-refractivity contribution >= 4 is 11.8 Å². The van der Waals surface area contributed by atoms with Gasteiger partial charge in [-0.05, 0) is 46.0 Å². The Morgan fingerprint density at radius 2 is 1.71 bits per heavy atom. The predicted octanol–water partition coefficient (Wildman–Crippen LogP) is 0.702. The summed E-state index contributed by atoms with van der Waals surface area (Å²) in [6.07, 6.45) is 2.59. The van der Waals surface area contributed by atoms with Crippen LogP contribution in [0.15, 0.2) is 0 Å². The van der Waals surface area contributed by atoms with E-state index in [1.807, 2.05) is 13.8 Å².